The average Bonchev–Trinajstić information content (AvgIpc) is 2.67. The van der Waals surface area contributed by atoms with Gasteiger partial charge in [-0.05, 0) is 50.1 Å². The lowest BCUT2D eigenvalue weighted by atomic mass is 10.1. The van der Waals surface area contributed by atoms with Gasteiger partial charge in [0.05, 0.1) is 18.5 Å². The standard InChI is InChI=1S/C21H26N2O5S/c1-14-9-10-15(2)18(11-14)23(29(4,25)26)16(3)21(24)22-12-17-13-27-19-7-5-6-8-20(19)28-17/h5-11,16-17H,12-13H2,1-4H3,(H,22,24)/t16-,17-/m1/s1. The van der Waals surface area contributed by atoms with Crippen LogP contribution in [0.4, 0.5) is 5.69 Å². The number of hydrogen-bond donors (Lipinski definition) is 1. The molecule has 0 fully saturated rings. The Morgan fingerprint density at radius 1 is 1.21 bits per heavy atom. The molecule has 1 aliphatic rings. The van der Waals surface area contributed by atoms with Gasteiger partial charge >= 0.3 is 0 Å². The second kappa shape index (κ2) is 8.32. The van der Waals surface area contributed by atoms with Crippen molar-refractivity contribution in [3.05, 3.63) is 53.6 Å². The Morgan fingerprint density at radius 2 is 1.90 bits per heavy atom. The van der Waals surface area contributed by atoms with Gasteiger partial charge in [0.1, 0.15) is 18.8 Å². The number of amides is 1. The quantitative estimate of drug-likeness (QED) is 0.779. The first-order chi connectivity index (χ1) is 13.7. The minimum absolute atomic E-state index is 0.210. The third-order valence-corrected chi connectivity index (χ3v) is 5.99. The van der Waals surface area contributed by atoms with Gasteiger partial charge in [-0.1, -0.05) is 24.3 Å². The number of para-hydroxylation sites is 2. The van der Waals surface area contributed by atoms with E-state index in [-0.39, 0.29) is 12.6 Å². The molecular weight excluding hydrogens is 392 g/mol. The number of sulfonamides is 1. The van der Waals surface area contributed by atoms with E-state index in [0.29, 0.717) is 23.8 Å². The highest BCUT2D eigenvalue weighted by atomic mass is 32.2. The molecule has 156 valence electrons. The topological polar surface area (TPSA) is 84.9 Å². The Bertz CT molecular complexity index is 1010. The van der Waals surface area contributed by atoms with Crippen molar-refractivity contribution in [3.63, 3.8) is 0 Å². The minimum Gasteiger partial charge on any atom is -0.486 e. The molecule has 2 aromatic carbocycles. The number of carbonyl (C=O) groups excluding carboxylic acids is 1. The monoisotopic (exact) mass is 418 g/mol. The van der Waals surface area contributed by atoms with E-state index in [0.717, 1.165) is 21.7 Å². The molecule has 0 aliphatic carbocycles. The molecule has 0 radical (unpaired) electrons. The van der Waals surface area contributed by atoms with Crippen LogP contribution in [0.15, 0.2) is 42.5 Å². The number of rotatable bonds is 6. The molecule has 0 bridgehead atoms. The van der Waals surface area contributed by atoms with Crippen molar-refractivity contribution in [1.29, 1.82) is 0 Å². The molecule has 0 spiro atoms. The Labute approximate surface area is 171 Å². The van der Waals surface area contributed by atoms with Gasteiger partial charge in [0.25, 0.3) is 0 Å². The van der Waals surface area contributed by atoms with Crippen LogP contribution in [0.5, 0.6) is 11.5 Å². The number of nitrogens with one attached hydrogen (secondary N) is 1. The minimum atomic E-state index is -3.67. The van der Waals surface area contributed by atoms with Crippen LogP contribution in [0.25, 0.3) is 0 Å². The number of fused-ring (bicyclic) bond motifs is 1. The van der Waals surface area contributed by atoms with Crippen LogP contribution in [0.2, 0.25) is 0 Å². The maximum absolute atomic E-state index is 12.8. The van der Waals surface area contributed by atoms with Gasteiger partial charge < -0.3 is 14.8 Å². The van der Waals surface area contributed by atoms with Gasteiger partial charge in [-0.2, -0.15) is 0 Å². The molecule has 0 unspecified atom stereocenters. The van der Waals surface area contributed by atoms with E-state index >= 15 is 0 Å². The maximum atomic E-state index is 12.8. The van der Waals surface area contributed by atoms with E-state index in [4.69, 9.17) is 9.47 Å². The lowest BCUT2D eigenvalue weighted by Gasteiger charge is -2.31. The van der Waals surface area contributed by atoms with Gasteiger partial charge in [0.2, 0.25) is 15.9 Å². The third kappa shape index (κ3) is 4.82. The summed E-state index contributed by atoms with van der Waals surface area (Å²) < 4.78 is 37.6. The fraction of sp³-hybridized carbons (Fsp3) is 0.381. The fourth-order valence-corrected chi connectivity index (χ4v) is 4.49. The number of anilines is 1. The zero-order valence-corrected chi connectivity index (χ0v) is 17.8. The first-order valence-electron chi connectivity index (χ1n) is 9.39. The molecule has 1 aliphatic heterocycles. The summed E-state index contributed by atoms with van der Waals surface area (Å²) in [6.07, 6.45) is 0.751. The van der Waals surface area contributed by atoms with Crippen LogP contribution in [0.1, 0.15) is 18.1 Å². The highest BCUT2D eigenvalue weighted by molar-refractivity contribution is 7.92. The van der Waals surface area contributed by atoms with Crippen LogP contribution >= 0.6 is 0 Å². The van der Waals surface area contributed by atoms with Crippen molar-refractivity contribution in [2.75, 3.05) is 23.7 Å². The summed E-state index contributed by atoms with van der Waals surface area (Å²) in [4.78, 5) is 12.8. The number of hydrogen-bond acceptors (Lipinski definition) is 5. The van der Waals surface area contributed by atoms with Crippen molar-refractivity contribution >= 4 is 21.6 Å². The SMILES string of the molecule is Cc1ccc(C)c(N([C@H](C)C(=O)NC[C@@H]2COc3ccccc3O2)S(C)(=O)=O)c1. The lowest BCUT2D eigenvalue weighted by molar-refractivity contribution is -0.122. The van der Waals surface area contributed by atoms with Crippen molar-refractivity contribution in [1.82, 2.24) is 5.32 Å². The van der Waals surface area contributed by atoms with E-state index in [1.807, 2.05) is 44.2 Å². The molecule has 1 heterocycles. The maximum Gasteiger partial charge on any atom is 0.243 e. The van der Waals surface area contributed by atoms with E-state index < -0.39 is 22.0 Å². The fourth-order valence-electron chi connectivity index (χ4n) is 3.26. The molecular formula is C21H26N2O5S. The van der Waals surface area contributed by atoms with E-state index in [1.165, 1.54) is 0 Å². The number of benzene rings is 2. The molecule has 0 saturated carbocycles. The zero-order valence-electron chi connectivity index (χ0n) is 17.0. The summed E-state index contributed by atoms with van der Waals surface area (Å²) >= 11 is 0. The van der Waals surface area contributed by atoms with Gasteiger partial charge in [0, 0.05) is 0 Å². The van der Waals surface area contributed by atoms with Crippen LogP contribution < -0.4 is 19.1 Å². The normalized spacial score (nSPS) is 16.8. The number of ether oxygens (including phenoxy) is 2. The molecule has 1 amide bonds. The average molecular weight is 419 g/mol. The first-order valence-corrected chi connectivity index (χ1v) is 11.2. The Morgan fingerprint density at radius 3 is 2.59 bits per heavy atom. The summed E-state index contributed by atoms with van der Waals surface area (Å²) in [6.45, 7) is 5.79. The van der Waals surface area contributed by atoms with Gasteiger partial charge in [-0.3, -0.25) is 9.10 Å². The Balaban J connectivity index is 1.71. The van der Waals surface area contributed by atoms with Gasteiger partial charge in [-0.15, -0.1) is 0 Å². The lowest BCUT2D eigenvalue weighted by Crippen LogP contribution is -2.50. The predicted octanol–water partition coefficient (Wildman–Crippen LogP) is 2.41. The summed E-state index contributed by atoms with van der Waals surface area (Å²) in [7, 11) is -3.67. The van der Waals surface area contributed by atoms with Crippen molar-refractivity contribution in [2.45, 2.75) is 32.9 Å². The van der Waals surface area contributed by atoms with E-state index in [9.17, 15) is 13.2 Å². The second-order valence-corrected chi connectivity index (χ2v) is 9.13. The van der Waals surface area contributed by atoms with Crippen LogP contribution in [0.3, 0.4) is 0 Å². The van der Waals surface area contributed by atoms with Crippen molar-refractivity contribution < 1.29 is 22.7 Å². The Hall–Kier alpha value is -2.74. The van der Waals surface area contributed by atoms with Crippen molar-refractivity contribution in [3.8, 4) is 11.5 Å². The first kappa shape index (κ1) is 21.0. The zero-order chi connectivity index (χ0) is 21.2. The molecule has 7 nitrogen and oxygen atoms in total. The second-order valence-electron chi connectivity index (χ2n) is 7.27. The molecule has 3 rings (SSSR count). The van der Waals surface area contributed by atoms with E-state index in [2.05, 4.69) is 5.32 Å². The van der Waals surface area contributed by atoms with Crippen LogP contribution in [0, 0.1) is 13.8 Å². The molecule has 1 N–H and O–H groups in total. The molecule has 0 saturated heterocycles. The van der Waals surface area contributed by atoms with E-state index in [1.54, 1.807) is 19.1 Å². The number of aryl methyl sites for hydroxylation is 2. The molecule has 29 heavy (non-hydrogen) atoms. The molecule has 0 aromatic heterocycles. The molecule has 2 aromatic rings. The van der Waals surface area contributed by atoms with Gasteiger partial charge in [0.15, 0.2) is 11.5 Å². The number of carbonyl (C=O) groups is 1. The smallest absolute Gasteiger partial charge is 0.243 e. The highest BCUT2D eigenvalue weighted by Crippen LogP contribution is 2.31. The summed E-state index contributed by atoms with van der Waals surface area (Å²) in [5.41, 5.74) is 2.20. The Kier molecular flexibility index (Phi) is 6.02. The summed E-state index contributed by atoms with van der Waals surface area (Å²) in [5, 5.41) is 2.79. The molecule has 8 heteroatoms. The van der Waals surface area contributed by atoms with Crippen LogP contribution in [-0.4, -0.2) is 45.9 Å². The largest absolute Gasteiger partial charge is 0.486 e. The summed E-state index contributed by atoms with van der Waals surface area (Å²) in [5.74, 6) is 0.889. The number of nitrogens with zero attached hydrogens (tertiary/aromatic N) is 1. The summed E-state index contributed by atoms with van der Waals surface area (Å²) in [6, 6.07) is 11.9. The van der Waals surface area contributed by atoms with Gasteiger partial charge in [-0.25, -0.2) is 8.42 Å². The highest BCUT2D eigenvalue weighted by Gasteiger charge is 2.31. The third-order valence-electron chi connectivity index (χ3n) is 4.76. The van der Waals surface area contributed by atoms with Crippen molar-refractivity contribution in [2.24, 2.45) is 0 Å². The van der Waals surface area contributed by atoms with Crippen LogP contribution in [-0.2, 0) is 14.8 Å². The predicted molar refractivity (Wildman–Crippen MR) is 112 cm³/mol. The molecule has 2 atom stereocenters.